The van der Waals surface area contributed by atoms with Gasteiger partial charge in [0.25, 0.3) is 0 Å². The van der Waals surface area contributed by atoms with Gasteiger partial charge in [0.1, 0.15) is 11.3 Å². The zero-order valence-corrected chi connectivity index (χ0v) is 20.8. The van der Waals surface area contributed by atoms with Gasteiger partial charge in [-0.3, -0.25) is 14.5 Å². The van der Waals surface area contributed by atoms with Crippen LogP contribution in [0.25, 0.3) is 11.0 Å². The Labute approximate surface area is 211 Å². The van der Waals surface area contributed by atoms with Crippen LogP contribution in [0.4, 0.5) is 13.2 Å². The molecule has 1 aromatic heterocycles. The number of amides is 1. The molecule has 0 aliphatic carbocycles. The Kier molecular flexibility index (Phi) is 9.55. The van der Waals surface area contributed by atoms with E-state index in [1.54, 1.807) is 4.90 Å². The average Bonchev–Trinajstić information content (AvgIpc) is 3.11. The first-order valence-electron chi connectivity index (χ1n) is 12.1. The Morgan fingerprint density at radius 3 is 2.62 bits per heavy atom. The molecule has 1 atom stereocenters. The molecule has 2 heterocycles. The highest BCUT2D eigenvalue weighted by molar-refractivity contribution is 5.85. The van der Waals surface area contributed by atoms with Crippen molar-refractivity contribution in [2.75, 3.05) is 33.4 Å². The summed E-state index contributed by atoms with van der Waals surface area (Å²) in [6.45, 7) is 2.79. The van der Waals surface area contributed by atoms with Crippen molar-refractivity contribution < 1.29 is 41.8 Å². The van der Waals surface area contributed by atoms with Crippen LogP contribution in [0.5, 0.6) is 5.75 Å². The summed E-state index contributed by atoms with van der Waals surface area (Å²) in [6, 6.07) is 3.14. The standard InChI is InChI=1S/C25H31F3N2O7/c1-3-7-17-19(10-9-16-18(25(26,27)28)14-22(33)37-23(16)17)36-13-5-4-12-30-20(31)15-29(24(30)34)11-6-8-21(32)35-2/h9-10,14,24,34H,3-8,11-13,15H2,1-2H3. The molecule has 0 spiro atoms. The molecule has 9 nitrogen and oxygen atoms in total. The van der Waals surface area contributed by atoms with Gasteiger partial charge in [-0.2, -0.15) is 13.2 Å². The molecule has 1 unspecified atom stereocenters. The first kappa shape index (κ1) is 28.5. The molecule has 1 aliphatic heterocycles. The predicted molar refractivity (Wildman–Crippen MR) is 127 cm³/mol. The van der Waals surface area contributed by atoms with Crippen LogP contribution in [0.2, 0.25) is 0 Å². The maximum absolute atomic E-state index is 13.4. The van der Waals surface area contributed by atoms with Crippen molar-refractivity contribution in [3.05, 3.63) is 39.7 Å². The van der Waals surface area contributed by atoms with Crippen molar-refractivity contribution in [3.63, 3.8) is 0 Å². The lowest BCUT2D eigenvalue weighted by Crippen LogP contribution is -2.40. The number of fused-ring (bicyclic) bond motifs is 1. The van der Waals surface area contributed by atoms with Crippen molar-refractivity contribution in [2.24, 2.45) is 0 Å². The van der Waals surface area contributed by atoms with Gasteiger partial charge in [0.15, 0.2) is 6.35 Å². The lowest BCUT2D eigenvalue weighted by atomic mass is 10.0. The van der Waals surface area contributed by atoms with E-state index in [1.807, 2.05) is 6.92 Å². The second kappa shape index (κ2) is 12.4. The van der Waals surface area contributed by atoms with Crippen LogP contribution < -0.4 is 10.4 Å². The van der Waals surface area contributed by atoms with Gasteiger partial charge in [-0.15, -0.1) is 0 Å². The summed E-state index contributed by atoms with van der Waals surface area (Å²) in [5, 5.41) is 10.2. The van der Waals surface area contributed by atoms with Gasteiger partial charge in [-0.05, 0) is 37.8 Å². The zero-order valence-electron chi connectivity index (χ0n) is 20.8. The van der Waals surface area contributed by atoms with Crippen molar-refractivity contribution >= 4 is 22.8 Å². The van der Waals surface area contributed by atoms with E-state index in [0.29, 0.717) is 62.6 Å². The number of alkyl halides is 3. The van der Waals surface area contributed by atoms with Crippen LogP contribution in [-0.4, -0.2) is 66.5 Å². The highest BCUT2D eigenvalue weighted by Crippen LogP contribution is 2.37. The minimum atomic E-state index is -4.70. The number of halogens is 3. The fourth-order valence-corrected chi connectivity index (χ4v) is 4.32. The summed E-state index contributed by atoms with van der Waals surface area (Å²) in [7, 11) is 1.30. The van der Waals surface area contributed by atoms with Crippen LogP contribution in [0.15, 0.2) is 27.4 Å². The molecule has 1 saturated heterocycles. The van der Waals surface area contributed by atoms with Crippen molar-refractivity contribution in [1.29, 1.82) is 0 Å². The van der Waals surface area contributed by atoms with E-state index >= 15 is 0 Å². The molecule has 1 amide bonds. The number of hydrogen-bond acceptors (Lipinski definition) is 8. The number of esters is 1. The number of rotatable bonds is 12. The van der Waals surface area contributed by atoms with Gasteiger partial charge in [0.2, 0.25) is 5.91 Å². The van der Waals surface area contributed by atoms with E-state index in [0.717, 1.165) is 0 Å². The summed E-state index contributed by atoms with van der Waals surface area (Å²) in [4.78, 5) is 38.3. The zero-order chi connectivity index (χ0) is 27.2. The number of hydrogen-bond donors (Lipinski definition) is 1. The van der Waals surface area contributed by atoms with E-state index in [-0.39, 0.29) is 42.4 Å². The number of benzene rings is 1. The Morgan fingerprint density at radius 2 is 1.95 bits per heavy atom. The fraction of sp³-hybridized carbons (Fsp3) is 0.560. The molecule has 2 aromatic rings. The predicted octanol–water partition coefficient (Wildman–Crippen LogP) is 3.30. The van der Waals surface area contributed by atoms with E-state index < -0.39 is 23.7 Å². The largest absolute Gasteiger partial charge is 0.493 e. The van der Waals surface area contributed by atoms with Gasteiger partial charge >= 0.3 is 17.8 Å². The minimum absolute atomic E-state index is 0.0570. The molecule has 1 N–H and O–H groups in total. The maximum atomic E-state index is 13.4. The smallest absolute Gasteiger partial charge is 0.417 e. The summed E-state index contributed by atoms with van der Waals surface area (Å²) in [6.07, 6.45) is -3.14. The van der Waals surface area contributed by atoms with Gasteiger partial charge in [-0.25, -0.2) is 4.79 Å². The quantitative estimate of drug-likeness (QED) is 0.254. The van der Waals surface area contributed by atoms with E-state index in [1.165, 1.54) is 24.1 Å². The molecule has 1 aliphatic rings. The fourth-order valence-electron chi connectivity index (χ4n) is 4.32. The lowest BCUT2D eigenvalue weighted by molar-refractivity contribution is -0.141. The highest BCUT2D eigenvalue weighted by Gasteiger charge is 2.36. The number of aliphatic hydroxyl groups excluding tert-OH is 1. The molecule has 0 radical (unpaired) electrons. The van der Waals surface area contributed by atoms with Crippen LogP contribution in [0.3, 0.4) is 0 Å². The second-order valence-corrected chi connectivity index (χ2v) is 8.79. The van der Waals surface area contributed by atoms with Gasteiger partial charge in [0.05, 0.1) is 25.8 Å². The summed E-state index contributed by atoms with van der Waals surface area (Å²) < 4.78 is 55.9. The normalized spacial score (nSPS) is 16.5. The van der Waals surface area contributed by atoms with Crippen LogP contribution >= 0.6 is 0 Å². The monoisotopic (exact) mass is 528 g/mol. The number of aryl methyl sites for hydroxylation is 1. The van der Waals surface area contributed by atoms with Crippen molar-refractivity contribution in [3.8, 4) is 5.75 Å². The van der Waals surface area contributed by atoms with Crippen molar-refractivity contribution in [1.82, 2.24) is 9.80 Å². The molecule has 3 rings (SSSR count). The minimum Gasteiger partial charge on any atom is -0.493 e. The number of methoxy groups -OCH3 is 1. The Morgan fingerprint density at radius 1 is 1.19 bits per heavy atom. The number of aliphatic hydroxyl groups is 1. The SMILES string of the molecule is CCCc1c(OCCCCN2C(=O)CN(CCCC(=O)OC)C2O)ccc2c(C(F)(F)F)cc(=O)oc12. The Bertz CT molecular complexity index is 1170. The molecular weight excluding hydrogens is 497 g/mol. The topological polar surface area (TPSA) is 110 Å². The molecule has 204 valence electrons. The summed E-state index contributed by atoms with van der Waals surface area (Å²) in [5.74, 6) is -0.235. The number of carbonyl (C=O) groups excluding carboxylic acids is 2. The van der Waals surface area contributed by atoms with Gasteiger partial charge < -0.3 is 23.9 Å². The second-order valence-electron chi connectivity index (χ2n) is 8.79. The van der Waals surface area contributed by atoms with E-state index in [9.17, 15) is 32.7 Å². The number of carbonyl (C=O) groups is 2. The lowest BCUT2D eigenvalue weighted by Gasteiger charge is -2.25. The van der Waals surface area contributed by atoms with Crippen molar-refractivity contribution in [2.45, 2.75) is 58.0 Å². The molecular formula is C25H31F3N2O7. The Hall–Kier alpha value is -3.12. The van der Waals surface area contributed by atoms with E-state index in [4.69, 9.17) is 9.15 Å². The van der Waals surface area contributed by atoms with Crippen LogP contribution in [-0.2, 0) is 26.9 Å². The average molecular weight is 529 g/mol. The van der Waals surface area contributed by atoms with E-state index in [2.05, 4.69) is 4.74 Å². The molecule has 0 saturated carbocycles. The van der Waals surface area contributed by atoms with Crippen LogP contribution in [0, 0.1) is 0 Å². The third-order valence-corrected chi connectivity index (χ3v) is 6.15. The van der Waals surface area contributed by atoms with Gasteiger partial charge in [0, 0.05) is 36.5 Å². The maximum Gasteiger partial charge on any atom is 0.417 e. The molecule has 37 heavy (non-hydrogen) atoms. The Balaban J connectivity index is 1.58. The molecule has 1 aromatic carbocycles. The van der Waals surface area contributed by atoms with Crippen LogP contribution in [0.1, 0.15) is 50.2 Å². The molecule has 0 bridgehead atoms. The number of unbranched alkanes of at least 4 members (excludes halogenated alkanes) is 1. The molecule has 1 fully saturated rings. The summed E-state index contributed by atoms with van der Waals surface area (Å²) >= 11 is 0. The van der Waals surface area contributed by atoms with Gasteiger partial charge in [-0.1, -0.05) is 13.3 Å². The third-order valence-electron chi connectivity index (χ3n) is 6.15. The highest BCUT2D eigenvalue weighted by atomic mass is 19.4. The first-order chi connectivity index (χ1) is 17.6. The third kappa shape index (κ3) is 7.01. The summed E-state index contributed by atoms with van der Waals surface area (Å²) in [5.41, 5.74) is -1.86. The first-order valence-corrected chi connectivity index (χ1v) is 12.1. The number of nitrogens with zero attached hydrogens (tertiary/aromatic N) is 2. The number of ether oxygens (including phenoxy) is 2. The molecule has 12 heteroatoms.